The van der Waals surface area contributed by atoms with Crippen LogP contribution < -0.4 is 15.4 Å². The average molecular weight is 544 g/mol. The molecule has 2 unspecified atom stereocenters. The summed E-state index contributed by atoms with van der Waals surface area (Å²) in [5, 5.41) is 21.9. The van der Waals surface area contributed by atoms with E-state index >= 15 is 0 Å². The van der Waals surface area contributed by atoms with Gasteiger partial charge in [-0.25, -0.2) is 9.48 Å². The van der Waals surface area contributed by atoms with Crippen LogP contribution in [0, 0.1) is 29.1 Å². The van der Waals surface area contributed by atoms with E-state index in [1.165, 1.54) is 0 Å². The van der Waals surface area contributed by atoms with Crippen LogP contribution in [0.3, 0.4) is 0 Å². The molecular weight excluding hydrogens is 498 g/mol. The van der Waals surface area contributed by atoms with Crippen molar-refractivity contribution in [2.75, 3.05) is 39.4 Å². The standard InChI is InChI=1S/C29H45N5O5/c1-19(2)17-38-26-23(25(35)32-24-21-11-20-12-22(24)15-29(37,13-20)14-21)16-31-34(26)8-5-28(3,4)18-39-27(36)33-9-6-30-7-10-33/h5,8,16,19-22,24,30,37H,6-7,9-15,17-18H2,1-4H3,(H,32,35)/b8-5+/t20?,21?,22?,24-,29-. The number of hydrogen-bond donors (Lipinski definition) is 3. The number of nitrogens with zero attached hydrogens (tertiary/aromatic N) is 3. The van der Waals surface area contributed by atoms with Gasteiger partial charge >= 0.3 is 6.09 Å². The summed E-state index contributed by atoms with van der Waals surface area (Å²) >= 11 is 0. The number of piperazine rings is 1. The zero-order chi connectivity index (χ0) is 27.8. The number of aliphatic hydroxyl groups is 1. The summed E-state index contributed by atoms with van der Waals surface area (Å²) in [4.78, 5) is 27.7. The van der Waals surface area contributed by atoms with Crippen LogP contribution in [0.4, 0.5) is 4.79 Å². The molecule has 1 saturated heterocycles. The van der Waals surface area contributed by atoms with E-state index in [1.807, 2.05) is 19.9 Å². The van der Waals surface area contributed by atoms with Crippen molar-refractivity contribution < 1.29 is 24.2 Å². The third-order valence-electron chi connectivity index (χ3n) is 8.70. The Labute approximate surface area is 231 Å². The third-order valence-corrected chi connectivity index (χ3v) is 8.70. The van der Waals surface area contributed by atoms with Crippen molar-refractivity contribution in [1.82, 2.24) is 25.3 Å². The third kappa shape index (κ3) is 6.43. The number of carbonyl (C=O) groups is 2. The van der Waals surface area contributed by atoms with Gasteiger partial charge in [0.25, 0.3) is 5.91 Å². The molecule has 0 aromatic carbocycles. The van der Waals surface area contributed by atoms with Crippen molar-refractivity contribution in [3.63, 3.8) is 0 Å². The second-order valence-electron chi connectivity index (χ2n) is 13.3. The van der Waals surface area contributed by atoms with E-state index in [4.69, 9.17) is 9.47 Å². The molecular formula is C29H45N5O5. The molecule has 4 aliphatic carbocycles. The van der Waals surface area contributed by atoms with Gasteiger partial charge < -0.3 is 30.1 Å². The molecule has 2 heterocycles. The minimum atomic E-state index is -0.537. The lowest BCUT2D eigenvalue weighted by Gasteiger charge is -2.58. The van der Waals surface area contributed by atoms with Crippen molar-refractivity contribution in [1.29, 1.82) is 0 Å². The van der Waals surface area contributed by atoms with Gasteiger partial charge in [0, 0.05) is 43.8 Å². The van der Waals surface area contributed by atoms with Crippen LogP contribution in [-0.4, -0.2) is 82.8 Å². The van der Waals surface area contributed by atoms with Crippen LogP contribution in [0.2, 0.25) is 0 Å². The minimum Gasteiger partial charge on any atom is -0.477 e. The molecule has 4 bridgehead atoms. The van der Waals surface area contributed by atoms with Gasteiger partial charge in [-0.2, -0.15) is 5.10 Å². The van der Waals surface area contributed by atoms with E-state index in [9.17, 15) is 14.7 Å². The first-order chi connectivity index (χ1) is 18.5. The summed E-state index contributed by atoms with van der Waals surface area (Å²) in [5.41, 5.74) is -0.574. The average Bonchev–Trinajstić information content (AvgIpc) is 3.29. The molecule has 5 aliphatic rings. The van der Waals surface area contributed by atoms with Gasteiger partial charge in [-0.3, -0.25) is 4.79 Å². The van der Waals surface area contributed by atoms with Gasteiger partial charge in [0.15, 0.2) is 0 Å². The fourth-order valence-electron chi connectivity index (χ4n) is 6.96. The van der Waals surface area contributed by atoms with Gasteiger partial charge in [0.2, 0.25) is 5.88 Å². The Morgan fingerprint density at radius 2 is 1.92 bits per heavy atom. The quantitative estimate of drug-likeness (QED) is 0.438. The lowest BCUT2D eigenvalue weighted by Crippen LogP contribution is -2.61. The summed E-state index contributed by atoms with van der Waals surface area (Å²) in [6.45, 7) is 11.6. The maximum absolute atomic E-state index is 13.5. The summed E-state index contributed by atoms with van der Waals surface area (Å²) in [7, 11) is 0. The summed E-state index contributed by atoms with van der Waals surface area (Å²) in [6, 6.07) is 0.0791. The number of nitrogens with one attached hydrogen (secondary N) is 2. The highest BCUT2D eigenvalue weighted by Gasteiger charge is 2.55. The maximum Gasteiger partial charge on any atom is 0.409 e. The van der Waals surface area contributed by atoms with Crippen molar-refractivity contribution >= 4 is 18.2 Å². The first kappa shape index (κ1) is 28.0. The normalized spacial score (nSPS) is 30.3. The fourth-order valence-corrected chi connectivity index (χ4v) is 6.96. The van der Waals surface area contributed by atoms with E-state index in [2.05, 4.69) is 29.6 Å². The lowest BCUT2D eigenvalue weighted by atomic mass is 9.52. The highest BCUT2D eigenvalue weighted by Crippen LogP contribution is 2.55. The number of amides is 2. The number of hydrogen-bond acceptors (Lipinski definition) is 7. The zero-order valence-electron chi connectivity index (χ0n) is 23.8. The predicted octanol–water partition coefficient (Wildman–Crippen LogP) is 3.13. The number of ether oxygens (including phenoxy) is 2. The van der Waals surface area contributed by atoms with E-state index in [0.29, 0.717) is 48.9 Å². The predicted molar refractivity (Wildman–Crippen MR) is 147 cm³/mol. The Balaban J connectivity index is 1.26. The smallest absolute Gasteiger partial charge is 0.409 e. The number of aromatic nitrogens is 2. The molecule has 0 spiro atoms. The molecule has 2 atom stereocenters. The highest BCUT2D eigenvalue weighted by molar-refractivity contribution is 5.96. The molecule has 39 heavy (non-hydrogen) atoms. The van der Waals surface area contributed by atoms with Crippen molar-refractivity contribution in [3.05, 3.63) is 17.8 Å². The molecule has 1 aromatic heterocycles. The fraction of sp³-hybridized carbons (Fsp3) is 0.759. The van der Waals surface area contributed by atoms with E-state index in [-0.39, 0.29) is 30.6 Å². The Kier molecular flexibility index (Phi) is 7.97. The van der Waals surface area contributed by atoms with Crippen molar-refractivity contribution in [2.24, 2.45) is 29.1 Å². The Morgan fingerprint density at radius 3 is 2.56 bits per heavy atom. The largest absolute Gasteiger partial charge is 0.477 e. The summed E-state index contributed by atoms with van der Waals surface area (Å²) in [5.74, 6) is 1.74. The molecule has 1 aliphatic heterocycles. The summed E-state index contributed by atoms with van der Waals surface area (Å²) < 4.78 is 13.3. The molecule has 216 valence electrons. The Hall–Kier alpha value is -2.59. The van der Waals surface area contributed by atoms with Crippen LogP contribution in [-0.2, 0) is 4.74 Å². The van der Waals surface area contributed by atoms with Gasteiger partial charge in [0.1, 0.15) is 12.2 Å². The molecule has 6 rings (SSSR count). The van der Waals surface area contributed by atoms with E-state index < -0.39 is 11.0 Å². The van der Waals surface area contributed by atoms with Crippen LogP contribution in [0.5, 0.6) is 5.88 Å². The molecule has 4 saturated carbocycles. The highest BCUT2D eigenvalue weighted by atomic mass is 16.6. The summed E-state index contributed by atoms with van der Waals surface area (Å²) in [6.07, 6.45) is 9.60. The van der Waals surface area contributed by atoms with Crippen LogP contribution in [0.25, 0.3) is 6.20 Å². The van der Waals surface area contributed by atoms with Gasteiger partial charge in [-0.05, 0) is 55.8 Å². The first-order valence-electron chi connectivity index (χ1n) is 14.6. The Bertz CT molecular complexity index is 1060. The second-order valence-corrected chi connectivity index (χ2v) is 13.3. The monoisotopic (exact) mass is 543 g/mol. The zero-order valence-corrected chi connectivity index (χ0v) is 23.8. The second kappa shape index (κ2) is 11.1. The van der Waals surface area contributed by atoms with E-state index in [1.54, 1.807) is 22.0 Å². The molecule has 0 radical (unpaired) electrons. The van der Waals surface area contributed by atoms with Crippen molar-refractivity contribution in [3.8, 4) is 5.88 Å². The van der Waals surface area contributed by atoms with E-state index in [0.717, 1.165) is 45.2 Å². The molecule has 3 N–H and O–H groups in total. The minimum absolute atomic E-state index is 0.0791. The Morgan fingerprint density at radius 1 is 1.23 bits per heavy atom. The maximum atomic E-state index is 13.5. The van der Waals surface area contributed by atoms with Crippen LogP contribution >= 0.6 is 0 Å². The van der Waals surface area contributed by atoms with Crippen LogP contribution in [0.1, 0.15) is 70.2 Å². The lowest BCUT2D eigenvalue weighted by molar-refractivity contribution is -0.136. The first-order valence-corrected chi connectivity index (χ1v) is 14.6. The number of rotatable bonds is 9. The molecule has 1 aromatic rings. The van der Waals surface area contributed by atoms with Crippen molar-refractivity contribution in [2.45, 2.75) is 71.4 Å². The molecule has 10 nitrogen and oxygen atoms in total. The SMILES string of the molecule is CC(C)COc1c(C(=O)N[C@H]2C3CC4CC2C[C@](O)(C4)C3)cnn1/C=C/C(C)(C)COC(=O)N1CCNCC1. The molecule has 5 fully saturated rings. The topological polar surface area (TPSA) is 118 Å². The van der Waals surface area contributed by atoms with Crippen LogP contribution in [0.15, 0.2) is 12.3 Å². The molecule has 10 heteroatoms. The number of carbonyl (C=O) groups excluding carboxylic acids is 2. The van der Waals surface area contributed by atoms with Gasteiger partial charge in [-0.15, -0.1) is 0 Å². The molecule has 2 amide bonds. The van der Waals surface area contributed by atoms with Gasteiger partial charge in [0.05, 0.1) is 18.4 Å². The van der Waals surface area contributed by atoms with Gasteiger partial charge in [-0.1, -0.05) is 33.8 Å².